The second-order valence-electron chi connectivity index (χ2n) is 7.58. The van der Waals surface area contributed by atoms with Crippen molar-refractivity contribution in [3.05, 3.63) is 69.8 Å². The molecule has 0 saturated heterocycles. The van der Waals surface area contributed by atoms with Gasteiger partial charge in [-0.25, -0.2) is 9.59 Å². The lowest BCUT2D eigenvalue weighted by Gasteiger charge is -2.23. The van der Waals surface area contributed by atoms with Crippen molar-refractivity contribution < 1.29 is 38.2 Å². The van der Waals surface area contributed by atoms with E-state index in [9.17, 15) is 28.8 Å². The molecule has 0 aromatic heterocycles. The second kappa shape index (κ2) is 11.4. The Kier molecular flexibility index (Phi) is 8.53. The third-order valence-electron chi connectivity index (χ3n) is 5.51. The van der Waals surface area contributed by atoms with Crippen LogP contribution in [0.4, 0.5) is 0 Å². The summed E-state index contributed by atoms with van der Waals surface area (Å²) in [5.74, 6) is -4.52. The van der Waals surface area contributed by atoms with Crippen LogP contribution in [-0.2, 0) is 19.1 Å². The third-order valence-corrected chi connectivity index (χ3v) is 6.24. The fourth-order valence-electron chi connectivity index (χ4n) is 3.74. The lowest BCUT2D eigenvalue weighted by molar-refractivity contribution is -0.143. The first-order chi connectivity index (χ1) is 17.2. The highest BCUT2D eigenvalue weighted by atomic mass is 32.1. The zero-order valence-corrected chi connectivity index (χ0v) is 21.0. The number of ether oxygens (including phenoxy) is 2. The predicted molar refractivity (Wildman–Crippen MR) is 134 cm³/mol. The number of fused-ring (bicyclic) bond motifs is 2. The van der Waals surface area contributed by atoms with Crippen molar-refractivity contribution in [3.8, 4) is 0 Å². The number of amides is 2. The fraction of sp³-hybridized carbons (Fsp3) is 0.250. The van der Waals surface area contributed by atoms with Gasteiger partial charge in [-0.3, -0.25) is 19.2 Å². The summed E-state index contributed by atoms with van der Waals surface area (Å²) < 4.78 is 9.28. The van der Waals surface area contributed by atoms with Gasteiger partial charge in [-0.05, 0) is 12.1 Å². The second-order valence-corrected chi connectivity index (χ2v) is 8.31. The third kappa shape index (κ3) is 5.00. The Hall–Kier alpha value is -3.64. The molecule has 2 atom stereocenters. The number of hydrogen-bond acceptors (Lipinski definition) is 10. The zero-order chi connectivity index (χ0) is 26.6. The molecule has 0 saturated carbocycles. The number of carbonyl (C=O) groups excluding carboxylic acids is 6. The van der Waals surface area contributed by atoms with Gasteiger partial charge in [0, 0.05) is 33.8 Å². The zero-order valence-electron chi connectivity index (χ0n) is 19.2. The van der Waals surface area contributed by atoms with Crippen molar-refractivity contribution in [1.29, 1.82) is 0 Å². The van der Waals surface area contributed by atoms with E-state index in [1.165, 1.54) is 36.4 Å². The molecule has 1 aliphatic rings. The number of rotatable bonds is 8. The van der Waals surface area contributed by atoms with Gasteiger partial charge >= 0.3 is 11.9 Å². The van der Waals surface area contributed by atoms with Gasteiger partial charge in [-0.2, -0.15) is 25.3 Å². The summed E-state index contributed by atoms with van der Waals surface area (Å²) in [7, 11) is 2.30. The highest BCUT2D eigenvalue weighted by Crippen LogP contribution is 2.32. The summed E-state index contributed by atoms with van der Waals surface area (Å²) >= 11 is 8.07. The number of nitrogens with one attached hydrogen (secondary N) is 2. The van der Waals surface area contributed by atoms with Crippen LogP contribution in [0.5, 0.6) is 0 Å². The van der Waals surface area contributed by atoms with Gasteiger partial charge < -0.3 is 20.1 Å². The van der Waals surface area contributed by atoms with Gasteiger partial charge in [0.15, 0.2) is 11.6 Å². The van der Waals surface area contributed by atoms with Crippen LogP contribution < -0.4 is 10.6 Å². The molecule has 0 fully saturated rings. The molecule has 0 bridgehead atoms. The monoisotopic (exact) mass is 530 g/mol. The van der Waals surface area contributed by atoms with Crippen LogP contribution in [0.1, 0.15) is 52.6 Å². The Morgan fingerprint density at radius 2 is 1.11 bits per heavy atom. The maximum Gasteiger partial charge on any atom is 0.329 e. The molecular weight excluding hydrogens is 508 g/mol. The molecule has 2 aromatic rings. The molecule has 12 heteroatoms. The molecule has 2 N–H and O–H groups in total. The number of esters is 2. The Bertz CT molecular complexity index is 1180. The number of ketones is 2. The molecular formula is C24H22N2O8S2. The maximum atomic E-state index is 13.7. The average Bonchev–Trinajstić information content (AvgIpc) is 2.91. The number of carbonyl (C=O) groups is 6. The maximum absolute atomic E-state index is 13.7. The lowest BCUT2D eigenvalue weighted by Crippen LogP contribution is -2.44. The normalized spacial score (nSPS) is 13.6. The minimum atomic E-state index is -1.10. The Balaban J connectivity index is 2.07. The Labute approximate surface area is 216 Å². The van der Waals surface area contributed by atoms with Crippen LogP contribution in [0, 0.1) is 0 Å². The summed E-state index contributed by atoms with van der Waals surface area (Å²) in [6.45, 7) is 0. The van der Waals surface area contributed by atoms with Crippen LogP contribution in [0.3, 0.4) is 0 Å². The minimum Gasteiger partial charge on any atom is -0.467 e. The Morgan fingerprint density at radius 1 is 0.722 bits per heavy atom. The van der Waals surface area contributed by atoms with E-state index in [-0.39, 0.29) is 44.9 Å². The van der Waals surface area contributed by atoms with Gasteiger partial charge in [0.2, 0.25) is 0 Å². The van der Waals surface area contributed by atoms with Crippen LogP contribution >= 0.6 is 25.3 Å². The number of thiol groups is 2. The van der Waals surface area contributed by atoms with Crippen LogP contribution in [0.15, 0.2) is 36.4 Å². The molecule has 1 aliphatic carbocycles. The van der Waals surface area contributed by atoms with E-state index < -0.39 is 47.4 Å². The molecule has 2 aromatic carbocycles. The van der Waals surface area contributed by atoms with E-state index in [2.05, 4.69) is 45.4 Å². The van der Waals surface area contributed by atoms with E-state index >= 15 is 0 Å². The molecule has 36 heavy (non-hydrogen) atoms. The van der Waals surface area contributed by atoms with Crippen molar-refractivity contribution in [2.75, 3.05) is 25.7 Å². The predicted octanol–water partition coefficient (Wildman–Crippen LogP) is 0.864. The van der Waals surface area contributed by atoms with Crippen LogP contribution in [0.2, 0.25) is 0 Å². The Morgan fingerprint density at radius 3 is 1.44 bits per heavy atom. The first-order valence-corrected chi connectivity index (χ1v) is 11.8. The standard InChI is InChI=1S/C24H22N2O8S2/c1-33-23(31)15(9-35)25-21(29)13-7-3-5-11-17(13)20(28)18-12(19(11)27)6-4-8-14(18)22(30)26-16(10-36)24(32)34-2/h3-8,15-16,35-36H,9-10H2,1-2H3,(H,25,29)(H,26,30). The molecule has 0 radical (unpaired) electrons. The molecule has 0 heterocycles. The summed E-state index contributed by atoms with van der Waals surface area (Å²) in [4.78, 5) is 76.8. The SMILES string of the molecule is COC(=O)C(CS)NC(=O)c1cccc2c1C(=O)c1c(C(=O)NC(CS)C(=O)OC)cccc1C2=O. The largest absolute Gasteiger partial charge is 0.467 e. The van der Waals surface area contributed by atoms with E-state index in [1.807, 2.05) is 0 Å². The summed E-state index contributed by atoms with van der Waals surface area (Å²) in [6, 6.07) is 6.12. The summed E-state index contributed by atoms with van der Waals surface area (Å²) in [5, 5.41) is 4.88. The topological polar surface area (TPSA) is 145 Å². The quantitative estimate of drug-likeness (QED) is 0.248. The average molecular weight is 531 g/mol. The van der Waals surface area contributed by atoms with Crippen molar-refractivity contribution >= 4 is 60.6 Å². The van der Waals surface area contributed by atoms with E-state index in [0.29, 0.717) is 0 Å². The van der Waals surface area contributed by atoms with Gasteiger partial charge in [0.1, 0.15) is 12.1 Å². The van der Waals surface area contributed by atoms with Crippen LogP contribution in [-0.4, -0.2) is 73.1 Å². The van der Waals surface area contributed by atoms with Crippen molar-refractivity contribution in [3.63, 3.8) is 0 Å². The molecule has 3 rings (SSSR count). The number of hydrogen-bond donors (Lipinski definition) is 4. The summed E-state index contributed by atoms with van der Waals surface area (Å²) in [5.41, 5.74) is -0.805. The molecule has 0 aliphatic heterocycles. The number of methoxy groups -OCH3 is 2. The lowest BCUT2D eigenvalue weighted by atomic mass is 9.79. The van der Waals surface area contributed by atoms with Crippen molar-refractivity contribution in [1.82, 2.24) is 10.6 Å². The highest BCUT2D eigenvalue weighted by Gasteiger charge is 2.37. The number of benzene rings is 2. The van der Waals surface area contributed by atoms with Gasteiger partial charge in [-0.15, -0.1) is 0 Å². The highest BCUT2D eigenvalue weighted by molar-refractivity contribution is 7.80. The molecule has 10 nitrogen and oxygen atoms in total. The molecule has 0 spiro atoms. The van der Waals surface area contributed by atoms with Gasteiger partial charge in [-0.1, -0.05) is 24.3 Å². The first kappa shape index (κ1) is 27.0. The van der Waals surface area contributed by atoms with Crippen molar-refractivity contribution in [2.24, 2.45) is 0 Å². The first-order valence-electron chi connectivity index (χ1n) is 10.5. The van der Waals surface area contributed by atoms with Gasteiger partial charge in [0.05, 0.1) is 25.3 Å². The minimum absolute atomic E-state index is 0.0269. The van der Waals surface area contributed by atoms with Crippen LogP contribution in [0.25, 0.3) is 0 Å². The summed E-state index contributed by atoms with van der Waals surface area (Å²) in [6.07, 6.45) is 0. The van der Waals surface area contributed by atoms with Crippen molar-refractivity contribution in [2.45, 2.75) is 12.1 Å². The van der Waals surface area contributed by atoms with E-state index in [4.69, 9.17) is 0 Å². The molecule has 188 valence electrons. The van der Waals surface area contributed by atoms with E-state index in [0.717, 1.165) is 14.2 Å². The molecule has 2 amide bonds. The molecule has 2 unspecified atom stereocenters. The van der Waals surface area contributed by atoms with E-state index in [1.54, 1.807) is 0 Å². The smallest absolute Gasteiger partial charge is 0.329 e. The fourth-order valence-corrected chi connectivity index (χ4v) is 4.22. The van der Waals surface area contributed by atoms with Gasteiger partial charge in [0.25, 0.3) is 11.8 Å².